The molecule has 1 N–H and O–H groups in total. The number of rotatable bonds is 5. The van der Waals surface area contributed by atoms with Crippen LogP contribution in [0.25, 0.3) is 10.9 Å². The second-order valence-electron chi connectivity index (χ2n) is 5.37. The number of aryl methyl sites for hydroxylation is 1. The average molecular weight is 342 g/mol. The van der Waals surface area contributed by atoms with Crippen LogP contribution < -0.4 is 9.46 Å². The summed E-state index contributed by atoms with van der Waals surface area (Å²) in [5.74, 6) is 0.572. The molecule has 0 amide bonds. The molecule has 0 atom stereocenters. The van der Waals surface area contributed by atoms with Crippen molar-refractivity contribution in [1.29, 1.82) is 0 Å². The van der Waals surface area contributed by atoms with E-state index in [1.54, 1.807) is 42.6 Å². The third-order valence-corrected chi connectivity index (χ3v) is 5.03. The second-order valence-corrected chi connectivity index (χ2v) is 7.02. The Hall–Kier alpha value is -2.60. The number of fused-ring (bicyclic) bond motifs is 1. The highest BCUT2D eigenvalue weighted by Gasteiger charge is 2.19. The van der Waals surface area contributed by atoms with Crippen LogP contribution in [0.1, 0.15) is 12.5 Å². The number of benzene rings is 2. The van der Waals surface area contributed by atoms with Gasteiger partial charge in [0.25, 0.3) is 10.0 Å². The molecule has 0 aliphatic rings. The maximum atomic E-state index is 12.8. The molecule has 0 fully saturated rings. The molecule has 6 heteroatoms. The van der Waals surface area contributed by atoms with Gasteiger partial charge in [-0.1, -0.05) is 17.7 Å². The number of nitrogens with one attached hydrogen (secondary N) is 1. The molecule has 0 spiro atoms. The minimum absolute atomic E-state index is 0.176. The Morgan fingerprint density at radius 3 is 2.54 bits per heavy atom. The maximum Gasteiger partial charge on any atom is 0.262 e. The fourth-order valence-electron chi connectivity index (χ4n) is 2.46. The number of aromatic nitrogens is 1. The molecule has 3 aromatic rings. The summed E-state index contributed by atoms with van der Waals surface area (Å²) >= 11 is 0. The molecule has 0 radical (unpaired) electrons. The van der Waals surface area contributed by atoms with Crippen molar-refractivity contribution in [3.63, 3.8) is 0 Å². The van der Waals surface area contributed by atoms with Gasteiger partial charge >= 0.3 is 0 Å². The molecule has 5 nitrogen and oxygen atoms in total. The van der Waals surface area contributed by atoms with Crippen LogP contribution in [0.15, 0.2) is 59.6 Å². The number of ether oxygens (including phenoxy) is 1. The lowest BCUT2D eigenvalue weighted by atomic mass is 10.2. The van der Waals surface area contributed by atoms with Gasteiger partial charge in [-0.25, -0.2) is 8.42 Å². The zero-order valence-corrected chi connectivity index (χ0v) is 14.3. The summed E-state index contributed by atoms with van der Waals surface area (Å²) in [6.07, 6.45) is 1.62. The maximum absolute atomic E-state index is 12.8. The third kappa shape index (κ3) is 3.19. The Bertz CT molecular complexity index is 967. The van der Waals surface area contributed by atoms with Gasteiger partial charge in [-0.2, -0.15) is 0 Å². The average Bonchev–Trinajstić information content (AvgIpc) is 2.57. The Balaban J connectivity index is 2.08. The van der Waals surface area contributed by atoms with Crippen LogP contribution in [0.3, 0.4) is 0 Å². The number of hydrogen-bond acceptors (Lipinski definition) is 4. The van der Waals surface area contributed by atoms with Gasteiger partial charge in [-0.05, 0) is 50.2 Å². The van der Waals surface area contributed by atoms with Gasteiger partial charge in [0.05, 0.1) is 11.5 Å². The SMILES string of the molecule is CCOc1ccc(S(=O)(=O)Nc2ccc(C)cc2)c2cccnc12. The second kappa shape index (κ2) is 6.49. The van der Waals surface area contributed by atoms with Crippen LogP contribution in [-0.2, 0) is 10.0 Å². The van der Waals surface area contributed by atoms with E-state index in [0.29, 0.717) is 28.9 Å². The molecule has 0 unspecified atom stereocenters. The van der Waals surface area contributed by atoms with Crippen molar-refractivity contribution in [3.8, 4) is 5.75 Å². The molecule has 124 valence electrons. The van der Waals surface area contributed by atoms with Crippen LogP contribution in [0, 0.1) is 6.92 Å². The van der Waals surface area contributed by atoms with E-state index >= 15 is 0 Å². The molecule has 0 aliphatic heterocycles. The number of hydrogen-bond donors (Lipinski definition) is 1. The van der Waals surface area contributed by atoms with Gasteiger partial charge in [0.1, 0.15) is 11.3 Å². The van der Waals surface area contributed by atoms with E-state index in [0.717, 1.165) is 5.56 Å². The Labute approximate surface area is 141 Å². The van der Waals surface area contributed by atoms with E-state index in [1.165, 1.54) is 0 Å². The van der Waals surface area contributed by atoms with Crippen molar-refractivity contribution in [2.24, 2.45) is 0 Å². The van der Waals surface area contributed by atoms with Crippen molar-refractivity contribution >= 4 is 26.6 Å². The van der Waals surface area contributed by atoms with E-state index in [2.05, 4.69) is 9.71 Å². The topological polar surface area (TPSA) is 68.3 Å². The molecule has 1 aromatic heterocycles. The summed E-state index contributed by atoms with van der Waals surface area (Å²) in [5, 5.41) is 0.531. The number of nitrogens with zero attached hydrogens (tertiary/aromatic N) is 1. The molecule has 2 aromatic carbocycles. The summed E-state index contributed by atoms with van der Waals surface area (Å²) in [4.78, 5) is 4.45. The lowest BCUT2D eigenvalue weighted by Gasteiger charge is -2.13. The van der Waals surface area contributed by atoms with Gasteiger partial charge in [0.15, 0.2) is 0 Å². The summed E-state index contributed by atoms with van der Waals surface area (Å²) in [5.41, 5.74) is 2.12. The number of anilines is 1. The molecule has 3 rings (SSSR count). The summed E-state index contributed by atoms with van der Waals surface area (Å²) in [6, 6.07) is 13.8. The van der Waals surface area contributed by atoms with Crippen molar-refractivity contribution in [2.75, 3.05) is 11.3 Å². The molecule has 0 saturated carbocycles. The minimum atomic E-state index is -3.73. The molecule has 0 bridgehead atoms. The van der Waals surface area contributed by atoms with Gasteiger partial charge in [-0.15, -0.1) is 0 Å². The van der Waals surface area contributed by atoms with E-state index in [-0.39, 0.29) is 4.90 Å². The third-order valence-electron chi connectivity index (χ3n) is 3.59. The van der Waals surface area contributed by atoms with Crippen LogP contribution in [0.5, 0.6) is 5.75 Å². The highest BCUT2D eigenvalue weighted by molar-refractivity contribution is 7.93. The Morgan fingerprint density at radius 1 is 1.08 bits per heavy atom. The lowest BCUT2D eigenvalue weighted by Crippen LogP contribution is -2.13. The molecular formula is C18H18N2O3S. The lowest BCUT2D eigenvalue weighted by molar-refractivity contribution is 0.343. The fraction of sp³-hybridized carbons (Fsp3) is 0.167. The quantitative estimate of drug-likeness (QED) is 0.767. The first-order valence-electron chi connectivity index (χ1n) is 7.61. The molecule has 24 heavy (non-hydrogen) atoms. The molecule has 1 heterocycles. The van der Waals surface area contributed by atoms with Crippen molar-refractivity contribution in [3.05, 3.63) is 60.3 Å². The van der Waals surface area contributed by atoms with Crippen LogP contribution in [0.4, 0.5) is 5.69 Å². The predicted molar refractivity (Wildman–Crippen MR) is 94.9 cm³/mol. The van der Waals surface area contributed by atoms with E-state index < -0.39 is 10.0 Å². The highest BCUT2D eigenvalue weighted by atomic mass is 32.2. The monoisotopic (exact) mass is 342 g/mol. The standard InChI is InChI=1S/C18H18N2O3S/c1-3-23-16-10-11-17(15-5-4-12-19-18(15)16)24(21,22)20-14-8-6-13(2)7-9-14/h4-12,20H,3H2,1-2H3. The Kier molecular flexibility index (Phi) is 4.40. The fourth-order valence-corrected chi connectivity index (χ4v) is 3.72. The zero-order valence-electron chi connectivity index (χ0n) is 13.5. The van der Waals surface area contributed by atoms with E-state index in [1.807, 2.05) is 26.0 Å². The smallest absolute Gasteiger partial charge is 0.262 e. The van der Waals surface area contributed by atoms with Crippen molar-refractivity contribution in [2.45, 2.75) is 18.7 Å². The summed E-state index contributed by atoms with van der Waals surface area (Å²) in [6.45, 7) is 4.31. The first kappa shape index (κ1) is 16.3. The minimum Gasteiger partial charge on any atom is -0.492 e. The number of sulfonamides is 1. The van der Waals surface area contributed by atoms with Crippen molar-refractivity contribution < 1.29 is 13.2 Å². The molecular weight excluding hydrogens is 324 g/mol. The zero-order chi connectivity index (χ0) is 17.2. The predicted octanol–water partition coefficient (Wildman–Crippen LogP) is 3.74. The van der Waals surface area contributed by atoms with E-state index in [4.69, 9.17) is 4.74 Å². The van der Waals surface area contributed by atoms with Gasteiger partial charge < -0.3 is 4.74 Å². The van der Waals surface area contributed by atoms with Gasteiger partial charge in [0.2, 0.25) is 0 Å². The molecule has 0 aliphatic carbocycles. The van der Waals surface area contributed by atoms with Crippen molar-refractivity contribution in [1.82, 2.24) is 4.98 Å². The van der Waals surface area contributed by atoms with Crippen LogP contribution in [0.2, 0.25) is 0 Å². The number of pyridine rings is 1. The largest absolute Gasteiger partial charge is 0.492 e. The summed E-state index contributed by atoms with van der Waals surface area (Å²) < 4.78 is 33.7. The van der Waals surface area contributed by atoms with Gasteiger partial charge in [-0.3, -0.25) is 9.71 Å². The van der Waals surface area contributed by atoms with Crippen LogP contribution in [-0.4, -0.2) is 20.0 Å². The van der Waals surface area contributed by atoms with E-state index in [9.17, 15) is 8.42 Å². The Morgan fingerprint density at radius 2 is 1.83 bits per heavy atom. The summed E-state index contributed by atoms with van der Waals surface area (Å²) in [7, 11) is -3.73. The van der Waals surface area contributed by atoms with Crippen LogP contribution >= 0.6 is 0 Å². The molecule has 0 saturated heterocycles. The highest BCUT2D eigenvalue weighted by Crippen LogP contribution is 2.30. The normalized spacial score (nSPS) is 11.4. The first-order valence-corrected chi connectivity index (χ1v) is 9.09. The first-order chi connectivity index (χ1) is 11.5. The van der Waals surface area contributed by atoms with Gasteiger partial charge in [0, 0.05) is 17.3 Å².